The first-order valence-electron chi connectivity index (χ1n) is 6.74. The second-order valence-corrected chi connectivity index (χ2v) is 4.63. The van der Waals surface area contributed by atoms with E-state index in [9.17, 15) is 23.8 Å². The molecule has 0 amide bonds. The van der Waals surface area contributed by atoms with E-state index in [1.165, 1.54) is 36.4 Å². The van der Waals surface area contributed by atoms with Gasteiger partial charge in [-0.15, -0.1) is 0 Å². The minimum absolute atomic E-state index is 0.156. The second-order valence-electron chi connectivity index (χ2n) is 4.63. The van der Waals surface area contributed by atoms with Gasteiger partial charge in [-0.2, -0.15) is 0 Å². The van der Waals surface area contributed by atoms with Crippen LogP contribution in [0.25, 0.3) is 12.2 Å². The van der Waals surface area contributed by atoms with Crippen LogP contribution in [0.1, 0.15) is 21.5 Å². The summed E-state index contributed by atoms with van der Waals surface area (Å²) >= 11 is 0. The summed E-state index contributed by atoms with van der Waals surface area (Å²) in [6.45, 7) is -0.908. The molecule has 2 rings (SSSR count). The lowest BCUT2D eigenvalue weighted by Crippen LogP contribution is -2.03. The number of rotatable bonds is 6. The van der Waals surface area contributed by atoms with Gasteiger partial charge in [0.15, 0.2) is 0 Å². The number of halogens is 2. The molecular formula is C17H14F2O4. The van der Waals surface area contributed by atoms with Gasteiger partial charge in [-0.3, -0.25) is 0 Å². The molecule has 0 unspecified atom stereocenters. The van der Waals surface area contributed by atoms with Gasteiger partial charge in [-0.25, -0.2) is 13.6 Å². The Morgan fingerprint density at radius 3 is 2.48 bits per heavy atom. The van der Waals surface area contributed by atoms with Crippen LogP contribution in [0.2, 0.25) is 0 Å². The average Bonchev–Trinajstić information content (AvgIpc) is 2.51. The summed E-state index contributed by atoms with van der Waals surface area (Å²) in [4.78, 5) is 11.3. The predicted molar refractivity (Wildman–Crippen MR) is 81.9 cm³/mol. The Hall–Kier alpha value is -2.89. The number of benzene rings is 2. The summed E-state index contributed by atoms with van der Waals surface area (Å²) in [5.74, 6) is -2.01. The van der Waals surface area contributed by atoms with E-state index in [1.807, 2.05) is 0 Å². The molecule has 0 aromatic heterocycles. The van der Waals surface area contributed by atoms with E-state index in [2.05, 4.69) is 0 Å². The molecule has 0 aliphatic heterocycles. The average molecular weight is 320 g/mol. The highest BCUT2D eigenvalue weighted by Gasteiger charge is 2.16. The first kappa shape index (κ1) is 16.5. The Morgan fingerprint density at radius 2 is 1.87 bits per heavy atom. The molecule has 0 saturated heterocycles. The lowest BCUT2D eigenvalue weighted by Gasteiger charge is -2.09. The molecule has 0 atom stereocenters. The predicted octanol–water partition coefficient (Wildman–Crippen LogP) is 3.75. The number of hydrogen-bond donors (Lipinski definition) is 2. The number of ether oxygens (including phenoxy) is 1. The van der Waals surface area contributed by atoms with Crippen LogP contribution in [0.4, 0.5) is 8.78 Å². The molecule has 0 aliphatic carbocycles. The highest BCUT2D eigenvalue weighted by Crippen LogP contribution is 2.29. The van der Waals surface area contributed by atoms with Crippen molar-refractivity contribution in [3.05, 3.63) is 58.9 Å². The van der Waals surface area contributed by atoms with Gasteiger partial charge < -0.3 is 14.9 Å². The van der Waals surface area contributed by atoms with E-state index in [0.29, 0.717) is 5.56 Å². The summed E-state index contributed by atoms with van der Waals surface area (Å²) in [7, 11) is 0. The van der Waals surface area contributed by atoms with Crippen molar-refractivity contribution in [3.8, 4) is 11.5 Å². The fourth-order valence-electron chi connectivity index (χ4n) is 1.99. The summed E-state index contributed by atoms with van der Waals surface area (Å²) in [6, 6.07) is 8.10. The Balaban J connectivity index is 2.39. The number of phenols is 1. The fraction of sp³-hybridized carbons (Fsp3) is 0.118. The molecule has 23 heavy (non-hydrogen) atoms. The van der Waals surface area contributed by atoms with Crippen molar-refractivity contribution in [2.24, 2.45) is 0 Å². The van der Waals surface area contributed by atoms with E-state index in [0.717, 1.165) is 6.07 Å². The molecule has 0 saturated carbocycles. The molecule has 0 fully saturated rings. The summed E-state index contributed by atoms with van der Waals surface area (Å²) < 4.78 is 30.1. The SMILES string of the molecule is O=C(O)c1c(O)cc(OCCF)cc1C=Cc1ccc(F)cc1. The third-order valence-electron chi connectivity index (χ3n) is 3.01. The third kappa shape index (κ3) is 4.29. The number of carboxylic acid groups (broad SMARTS) is 1. The molecule has 0 bridgehead atoms. The van der Waals surface area contributed by atoms with Crippen LogP contribution in [0.5, 0.6) is 11.5 Å². The van der Waals surface area contributed by atoms with Gasteiger partial charge in [0.1, 0.15) is 36.2 Å². The monoisotopic (exact) mass is 320 g/mol. The van der Waals surface area contributed by atoms with Gasteiger partial charge in [-0.1, -0.05) is 24.3 Å². The van der Waals surface area contributed by atoms with Crippen molar-refractivity contribution >= 4 is 18.1 Å². The molecular weight excluding hydrogens is 306 g/mol. The number of carbonyl (C=O) groups is 1. The maximum atomic E-state index is 12.9. The Kier molecular flexibility index (Phi) is 5.30. The first-order chi connectivity index (χ1) is 11.0. The van der Waals surface area contributed by atoms with Gasteiger partial charge in [0, 0.05) is 6.07 Å². The maximum Gasteiger partial charge on any atom is 0.340 e. The Bertz CT molecular complexity index is 724. The molecule has 2 aromatic rings. The van der Waals surface area contributed by atoms with Gasteiger partial charge in [0.05, 0.1) is 0 Å². The van der Waals surface area contributed by atoms with E-state index in [-0.39, 0.29) is 29.3 Å². The van der Waals surface area contributed by atoms with Crippen molar-refractivity contribution in [3.63, 3.8) is 0 Å². The zero-order valence-electron chi connectivity index (χ0n) is 12.0. The van der Waals surface area contributed by atoms with Crippen LogP contribution < -0.4 is 4.74 Å². The lowest BCUT2D eigenvalue weighted by atomic mass is 10.0. The van der Waals surface area contributed by atoms with Crippen LogP contribution in [-0.4, -0.2) is 29.5 Å². The molecule has 0 heterocycles. The molecule has 2 N–H and O–H groups in total. The maximum absolute atomic E-state index is 12.9. The van der Waals surface area contributed by atoms with Crippen LogP contribution in [0, 0.1) is 5.82 Å². The number of alkyl halides is 1. The zero-order valence-corrected chi connectivity index (χ0v) is 12.0. The van der Waals surface area contributed by atoms with Crippen molar-refractivity contribution in [2.75, 3.05) is 13.3 Å². The highest BCUT2D eigenvalue weighted by molar-refractivity contribution is 5.96. The Morgan fingerprint density at radius 1 is 1.17 bits per heavy atom. The number of carboxylic acids is 1. The smallest absolute Gasteiger partial charge is 0.340 e. The molecule has 6 heteroatoms. The third-order valence-corrected chi connectivity index (χ3v) is 3.01. The van der Waals surface area contributed by atoms with Crippen molar-refractivity contribution < 1.29 is 28.5 Å². The quantitative estimate of drug-likeness (QED) is 0.796. The van der Waals surface area contributed by atoms with Crippen molar-refractivity contribution in [2.45, 2.75) is 0 Å². The van der Waals surface area contributed by atoms with E-state index >= 15 is 0 Å². The molecule has 120 valence electrons. The zero-order chi connectivity index (χ0) is 16.8. The van der Waals surface area contributed by atoms with Crippen LogP contribution >= 0.6 is 0 Å². The minimum atomic E-state index is -1.31. The van der Waals surface area contributed by atoms with E-state index in [1.54, 1.807) is 6.08 Å². The molecule has 4 nitrogen and oxygen atoms in total. The van der Waals surface area contributed by atoms with Gasteiger partial charge >= 0.3 is 5.97 Å². The lowest BCUT2D eigenvalue weighted by molar-refractivity contribution is 0.0693. The van der Waals surface area contributed by atoms with Crippen molar-refractivity contribution in [1.29, 1.82) is 0 Å². The number of aromatic hydroxyl groups is 1. The normalized spacial score (nSPS) is 10.9. The number of aromatic carboxylic acids is 1. The molecule has 0 radical (unpaired) electrons. The Labute approximate surface area is 131 Å². The van der Waals surface area contributed by atoms with Gasteiger partial charge in [0.2, 0.25) is 0 Å². The van der Waals surface area contributed by atoms with Gasteiger partial charge in [0.25, 0.3) is 0 Å². The topological polar surface area (TPSA) is 66.8 Å². The first-order valence-corrected chi connectivity index (χ1v) is 6.74. The second kappa shape index (κ2) is 7.40. The van der Waals surface area contributed by atoms with Crippen LogP contribution in [0.3, 0.4) is 0 Å². The summed E-state index contributed by atoms with van der Waals surface area (Å²) in [6.07, 6.45) is 3.03. The largest absolute Gasteiger partial charge is 0.507 e. The van der Waals surface area contributed by atoms with E-state index < -0.39 is 18.4 Å². The number of hydrogen-bond acceptors (Lipinski definition) is 3. The van der Waals surface area contributed by atoms with Crippen molar-refractivity contribution in [1.82, 2.24) is 0 Å². The van der Waals surface area contributed by atoms with Crippen LogP contribution in [0.15, 0.2) is 36.4 Å². The molecule has 2 aromatic carbocycles. The van der Waals surface area contributed by atoms with Crippen LogP contribution in [-0.2, 0) is 0 Å². The fourth-order valence-corrected chi connectivity index (χ4v) is 1.99. The summed E-state index contributed by atoms with van der Waals surface area (Å²) in [5, 5.41) is 19.0. The molecule has 0 spiro atoms. The minimum Gasteiger partial charge on any atom is -0.507 e. The van der Waals surface area contributed by atoms with Gasteiger partial charge in [-0.05, 0) is 29.3 Å². The summed E-state index contributed by atoms with van der Waals surface area (Å²) in [5.41, 5.74) is 0.545. The van der Waals surface area contributed by atoms with E-state index in [4.69, 9.17) is 4.74 Å². The molecule has 0 aliphatic rings. The standard InChI is InChI=1S/C17H14F2O4/c18-7-8-23-14-9-12(16(17(21)22)15(20)10-14)4-1-11-2-5-13(19)6-3-11/h1-6,9-10,20H,7-8H2,(H,21,22). The highest BCUT2D eigenvalue weighted by atomic mass is 19.1.